The average molecular weight is 319 g/mol. The van der Waals surface area contributed by atoms with Gasteiger partial charge in [-0.25, -0.2) is 0 Å². The molecular weight excluding hydrogens is 290 g/mol. The molecule has 5 nitrogen and oxygen atoms in total. The molecule has 3 rings (SSSR count). The largest absolute Gasteiger partial charge is 0.394 e. The van der Waals surface area contributed by atoms with E-state index in [1.165, 1.54) is 18.5 Å². The van der Waals surface area contributed by atoms with Crippen molar-refractivity contribution >= 4 is 5.91 Å². The third kappa shape index (κ3) is 3.77. The van der Waals surface area contributed by atoms with Crippen molar-refractivity contribution in [1.29, 1.82) is 0 Å². The van der Waals surface area contributed by atoms with Gasteiger partial charge in [-0.1, -0.05) is 19.8 Å². The van der Waals surface area contributed by atoms with E-state index in [2.05, 4.69) is 23.0 Å². The molecule has 2 atom stereocenters. The topological polar surface area (TPSA) is 58.4 Å². The molecule has 1 aliphatic heterocycles. The Hall–Kier alpha value is -1.36. The monoisotopic (exact) mass is 319 g/mol. The number of carbonyl (C=O) groups is 1. The molecule has 0 aromatic carbocycles. The molecule has 1 saturated heterocycles. The molecule has 0 radical (unpaired) electrons. The summed E-state index contributed by atoms with van der Waals surface area (Å²) in [6, 6.07) is 2.06. The number of piperidine rings is 1. The molecule has 128 valence electrons. The van der Waals surface area contributed by atoms with Crippen LogP contribution in [0.15, 0.2) is 12.3 Å². The van der Waals surface area contributed by atoms with Gasteiger partial charge in [-0.3, -0.25) is 9.48 Å². The second-order valence-electron chi connectivity index (χ2n) is 7.27. The molecule has 0 bridgehead atoms. The minimum Gasteiger partial charge on any atom is -0.394 e. The number of aliphatic hydroxyl groups excluding tert-OH is 1. The fourth-order valence-corrected chi connectivity index (χ4v) is 4.28. The smallest absolute Gasteiger partial charge is 0.225 e. The maximum Gasteiger partial charge on any atom is 0.225 e. The minimum absolute atomic E-state index is 0.117. The van der Waals surface area contributed by atoms with E-state index < -0.39 is 0 Å². The second kappa shape index (κ2) is 7.47. The van der Waals surface area contributed by atoms with Crippen molar-refractivity contribution in [3.05, 3.63) is 18.0 Å². The zero-order valence-corrected chi connectivity index (χ0v) is 14.2. The van der Waals surface area contributed by atoms with Gasteiger partial charge in [0.1, 0.15) is 0 Å². The highest BCUT2D eigenvalue weighted by molar-refractivity contribution is 5.79. The Bertz CT molecular complexity index is 520. The summed E-state index contributed by atoms with van der Waals surface area (Å²) in [5.41, 5.74) is 1.21. The van der Waals surface area contributed by atoms with Crippen LogP contribution in [0.25, 0.3) is 0 Å². The SMILES string of the molecule is CC1CCCC(C(=O)N2CCC(c3ccnn3CCO)CC2)C1. The first-order valence-electron chi connectivity index (χ1n) is 9.10. The predicted octanol–water partition coefficient (Wildman–Crippen LogP) is 2.41. The van der Waals surface area contributed by atoms with Crippen LogP contribution in [0.3, 0.4) is 0 Å². The number of likely N-dealkylation sites (tertiary alicyclic amines) is 1. The normalized spacial score (nSPS) is 26.4. The lowest BCUT2D eigenvalue weighted by Crippen LogP contribution is -2.42. The van der Waals surface area contributed by atoms with Gasteiger partial charge in [-0.05, 0) is 37.7 Å². The van der Waals surface area contributed by atoms with Gasteiger partial charge in [0.25, 0.3) is 0 Å². The van der Waals surface area contributed by atoms with Crippen LogP contribution in [0.4, 0.5) is 0 Å². The highest BCUT2D eigenvalue weighted by atomic mass is 16.3. The van der Waals surface area contributed by atoms with Crippen molar-refractivity contribution in [3.63, 3.8) is 0 Å². The van der Waals surface area contributed by atoms with E-state index in [-0.39, 0.29) is 12.5 Å². The van der Waals surface area contributed by atoms with Gasteiger partial charge in [0.15, 0.2) is 0 Å². The molecule has 2 aliphatic rings. The van der Waals surface area contributed by atoms with Crippen LogP contribution >= 0.6 is 0 Å². The fraction of sp³-hybridized carbons (Fsp3) is 0.778. The zero-order valence-electron chi connectivity index (χ0n) is 14.2. The Morgan fingerprint density at radius 1 is 1.30 bits per heavy atom. The van der Waals surface area contributed by atoms with Gasteiger partial charge in [0, 0.05) is 36.8 Å². The lowest BCUT2D eigenvalue weighted by Gasteiger charge is -2.36. The number of carbonyl (C=O) groups excluding carboxylic acids is 1. The van der Waals surface area contributed by atoms with Gasteiger partial charge in [-0.2, -0.15) is 5.10 Å². The van der Waals surface area contributed by atoms with E-state index in [0.717, 1.165) is 38.8 Å². The quantitative estimate of drug-likeness (QED) is 0.927. The third-order valence-corrected chi connectivity index (χ3v) is 5.57. The number of nitrogens with zero attached hydrogens (tertiary/aromatic N) is 3. The number of amides is 1. The molecule has 1 aromatic rings. The zero-order chi connectivity index (χ0) is 16.2. The summed E-state index contributed by atoms with van der Waals surface area (Å²) in [7, 11) is 0. The van der Waals surface area contributed by atoms with Gasteiger partial charge in [-0.15, -0.1) is 0 Å². The Morgan fingerprint density at radius 3 is 2.78 bits per heavy atom. The molecule has 2 fully saturated rings. The van der Waals surface area contributed by atoms with Crippen LogP contribution in [0.2, 0.25) is 0 Å². The van der Waals surface area contributed by atoms with E-state index in [0.29, 0.717) is 24.3 Å². The van der Waals surface area contributed by atoms with E-state index >= 15 is 0 Å². The number of hydrogen-bond donors (Lipinski definition) is 1. The first-order chi connectivity index (χ1) is 11.2. The predicted molar refractivity (Wildman–Crippen MR) is 89.0 cm³/mol. The summed E-state index contributed by atoms with van der Waals surface area (Å²) >= 11 is 0. The molecule has 2 unspecified atom stereocenters. The molecule has 1 N–H and O–H groups in total. The van der Waals surface area contributed by atoms with Crippen molar-refractivity contribution in [2.24, 2.45) is 11.8 Å². The van der Waals surface area contributed by atoms with Crippen LogP contribution in [0, 0.1) is 11.8 Å². The van der Waals surface area contributed by atoms with Gasteiger partial charge < -0.3 is 10.0 Å². The molecule has 23 heavy (non-hydrogen) atoms. The van der Waals surface area contributed by atoms with Crippen LogP contribution < -0.4 is 0 Å². The minimum atomic E-state index is 0.117. The molecule has 1 amide bonds. The maximum absolute atomic E-state index is 12.7. The number of rotatable bonds is 4. The summed E-state index contributed by atoms with van der Waals surface area (Å²) in [5.74, 6) is 1.80. The second-order valence-corrected chi connectivity index (χ2v) is 7.27. The Labute approximate surface area is 138 Å². The Morgan fingerprint density at radius 2 is 2.09 bits per heavy atom. The van der Waals surface area contributed by atoms with E-state index in [1.54, 1.807) is 0 Å². The van der Waals surface area contributed by atoms with Crippen molar-refractivity contribution < 1.29 is 9.90 Å². The standard InChI is InChI=1S/C18H29N3O2/c1-14-3-2-4-16(13-14)18(23)20-9-6-15(7-10-20)17-5-8-19-21(17)11-12-22/h5,8,14-16,22H,2-4,6-7,9-13H2,1H3. The van der Waals surface area contributed by atoms with Crippen molar-refractivity contribution in [3.8, 4) is 0 Å². The van der Waals surface area contributed by atoms with E-state index in [9.17, 15) is 4.79 Å². The Balaban J connectivity index is 1.55. The van der Waals surface area contributed by atoms with Crippen LogP contribution in [0.1, 0.15) is 57.1 Å². The summed E-state index contributed by atoms with van der Waals surface area (Å²) < 4.78 is 1.91. The van der Waals surface area contributed by atoms with Gasteiger partial charge in [0.05, 0.1) is 13.2 Å². The van der Waals surface area contributed by atoms with Crippen molar-refractivity contribution in [2.45, 2.75) is 57.9 Å². The van der Waals surface area contributed by atoms with E-state index in [4.69, 9.17) is 5.11 Å². The summed E-state index contributed by atoms with van der Waals surface area (Å²) in [6.07, 6.45) is 8.45. The maximum atomic E-state index is 12.7. The lowest BCUT2D eigenvalue weighted by atomic mass is 9.81. The molecule has 2 heterocycles. The fourth-order valence-electron chi connectivity index (χ4n) is 4.28. The number of aromatic nitrogens is 2. The Kier molecular flexibility index (Phi) is 5.36. The molecule has 0 spiro atoms. The highest BCUT2D eigenvalue weighted by Gasteiger charge is 2.31. The molecular formula is C18H29N3O2. The lowest BCUT2D eigenvalue weighted by molar-refractivity contribution is -0.138. The number of hydrogen-bond acceptors (Lipinski definition) is 3. The first kappa shape index (κ1) is 16.5. The highest BCUT2D eigenvalue weighted by Crippen LogP contribution is 2.33. The molecule has 5 heteroatoms. The summed E-state index contributed by atoms with van der Waals surface area (Å²) in [4.78, 5) is 14.8. The molecule has 1 aliphatic carbocycles. The van der Waals surface area contributed by atoms with Crippen LogP contribution in [0.5, 0.6) is 0 Å². The van der Waals surface area contributed by atoms with Crippen LogP contribution in [-0.2, 0) is 11.3 Å². The van der Waals surface area contributed by atoms with Gasteiger partial charge >= 0.3 is 0 Å². The van der Waals surface area contributed by atoms with Crippen LogP contribution in [-0.4, -0.2) is 45.4 Å². The van der Waals surface area contributed by atoms with E-state index in [1.807, 2.05) is 10.9 Å². The molecule has 1 saturated carbocycles. The average Bonchev–Trinajstić information content (AvgIpc) is 3.03. The molecule has 1 aromatic heterocycles. The summed E-state index contributed by atoms with van der Waals surface area (Å²) in [6.45, 7) is 4.67. The van der Waals surface area contributed by atoms with Crippen molar-refractivity contribution in [1.82, 2.24) is 14.7 Å². The first-order valence-corrected chi connectivity index (χ1v) is 9.10. The third-order valence-electron chi connectivity index (χ3n) is 5.57. The van der Waals surface area contributed by atoms with Gasteiger partial charge in [0.2, 0.25) is 5.91 Å². The van der Waals surface area contributed by atoms with Crippen molar-refractivity contribution in [2.75, 3.05) is 19.7 Å². The summed E-state index contributed by atoms with van der Waals surface area (Å²) in [5, 5.41) is 13.4. The number of aliphatic hydroxyl groups is 1.